The zero-order valence-corrected chi connectivity index (χ0v) is 10.3. The van der Waals surface area contributed by atoms with Crippen molar-refractivity contribution < 1.29 is 8.95 Å². The highest BCUT2D eigenvalue weighted by molar-refractivity contribution is 7.85. The van der Waals surface area contributed by atoms with Crippen molar-refractivity contribution in [3.05, 3.63) is 23.8 Å². The van der Waals surface area contributed by atoms with Crippen LogP contribution in [0.25, 0.3) is 0 Å². The molecule has 0 bridgehead atoms. The molecule has 0 aromatic heterocycles. The van der Waals surface area contributed by atoms with Gasteiger partial charge in [-0.25, -0.2) is 0 Å². The summed E-state index contributed by atoms with van der Waals surface area (Å²) < 4.78 is 17.6. The van der Waals surface area contributed by atoms with Crippen molar-refractivity contribution in [2.75, 3.05) is 18.1 Å². The Kier molecular flexibility index (Phi) is 3.61. The van der Waals surface area contributed by atoms with Crippen molar-refractivity contribution in [3.63, 3.8) is 0 Å². The van der Waals surface area contributed by atoms with Crippen LogP contribution in [-0.2, 0) is 15.5 Å². The van der Waals surface area contributed by atoms with Crippen LogP contribution in [-0.4, -0.2) is 22.7 Å². The van der Waals surface area contributed by atoms with E-state index in [-0.39, 0.29) is 6.10 Å². The number of nitrogen functional groups attached to an aromatic ring is 1. The first-order valence-electron chi connectivity index (χ1n) is 5.53. The molecule has 0 saturated carbocycles. The smallest absolute Gasteiger partial charge is 0.0694 e. The summed E-state index contributed by atoms with van der Waals surface area (Å²) in [6.07, 6.45) is 2.28. The van der Waals surface area contributed by atoms with E-state index in [4.69, 9.17) is 10.5 Å². The number of nitrogens with two attached hydrogens (primary N) is 1. The van der Waals surface area contributed by atoms with Gasteiger partial charge in [-0.1, -0.05) is 0 Å². The van der Waals surface area contributed by atoms with E-state index in [9.17, 15) is 4.21 Å². The average Bonchev–Trinajstić information content (AvgIpc) is 2.70. The van der Waals surface area contributed by atoms with Gasteiger partial charge in [0, 0.05) is 17.2 Å². The number of hydrogen-bond acceptors (Lipinski definition) is 3. The third-order valence-electron chi connectivity index (χ3n) is 2.81. The first-order valence-corrected chi connectivity index (χ1v) is 6.85. The Bertz CT molecular complexity index is 400. The molecule has 2 N–H and O–H groups in total. The highest BCUT2D eigenvalue weighted by Gasteiger charge is 2.19. The number of rotatable bonds is 3. The van der Waals surface area contributed by atoms with Crippen LogP contribution in [0.15, 0.2) is 23.1 Å². The predicted octanol–water partition coefficient (Wildman–Crippen LogP) is 1.86. The summed E-state index contributed by atoms with van der Waals surface area (Å²) in [5, 5.41) is 0. The van der Waals surface area contributed by atoms with E-state index >= 15 is 0 Å². The predicted molar refractivity (Wildman–Crippen MR) is 65.8 cm³/mol. The summed E-state index contributed by atoms with van der Waals surface area (Å²) >= 11 is 0. The molecule has 2 rings (SSSR count). The molecule has 1 fully saturated rings. The maximum absolute atomic E-state index is 12.1. The highest BCUT2D eigenvalue weighted by Crippen LogP contribution is 2.20. The van der Waals surface area contributed by atoms with Crippen molar-refractivity contribution in [2.45, 2.75) is 30.8 Å². The minimum absolute atomic E-state index is 0.165. The second-order valence-corrected chi connectivity index (χ2v) is 5.64. The Morgan fingerprint density at radius 1 is 1.56 bits per heavy atom. The number of ether oxygens (including phenoxy) is 1. The molecule has 88 valence electrons. The van der Waals surface area contributed by atoms with Crippen molar-refractivity contribution in [3.8, 4) is 0 Å². The molecule has 3 nitrogen and oxygen atoms in total. The summed E-state index contributed by atoms with van der Waals surface area (Å²) in [5.74, 6) is 0.602. The van der Waals surface area contributed by atoms with Gasteiger partial charge in [-0.3, -0.25) is 4.21 Å². The van der Waals surface area contributed by atoms with Gasteiger partial charge in [-0.15, -0.1) is 0 Å². The fraction of sp³-hybridized carbons (Fsp3) is 0.500. The summed E-state index contributed by atoms with van der Waals surface area (Å²) in [7, 11) is -0.974. The van der Waals surface area contributed by atoms with Crippen LogP contribution in [0.2, 0.25) is 0 Å². The number of anilines is 1. The molecule has 16 heavy (non-hydrogen) atoms. The molecular formula is C12H17NO2S. The zero-order chi connectivity index (χ0) is 11.5. The van der Waals surface area contributed by atoms with Crippen molar-refractivity contribution in [1.82, 2.24) is 0 Å². The third kappa shape index (κ3) is 2.62. The first-order chi connectivity index (χ1) is 7.66. The van der Waals surface area contributed by atoms with Crippen molar-refractivity contribution in [2.24, 2.45) is 0 Å². The van der Waals surface area contributed by atoms with Crippen LogP contribution in [0.5, 0.6) is 0 Å². The molecule has 1 aromatic carbocycles. The average molecular weight is 239 g/mol. The van der Waals surface area contributed by atoms with E-state index < -0.39 is 10.8 Å². The van der Waals surface area contributed by atoms with Crippen LogP contribution in [0.3, 0.4) is 0 Å². The normalized spacial score (nSPS) is 22.2. The number of hydrogen-bond donors (Lipinski definition) is 1. The second kappa shape index (κ2) is 4.97. The van der Waals surface area contributed by atoms with Crippen molar-refractivity contribution >= 4 is 16.5 Å². The van der Waals surface area contributed by atoms with Crippen molar-refractivity contribution in [1.29, 1.82) is 0 Å². The molecular weight excluding hydrogens is 222 g/mol. The molecule has 0 spiro atoms. The monoisotopic (exact) mass is 239 g/mol. The van der Waals surface area contributed by atoms with Gasteiger partial charge in [0.25, 0.3) is 0 Å². The largest absolute Gasteiger partial charge is 0.399 e. The lowest BCUT2D eigenvalue weighted by Gasteiger charge is -2.11. The standard InChI is InChI=1S/C12H17NO2S/c1-9-7-10(13)4-5-12(9)16(14)8-11-3-2-6-15-11/h4-5,7,11H,2-3,6,8,13H2,1H3. The van der Waals surface area contributed by atoms with E-state index in [1.165, 1.54) is 0 Å². The van der Waals surface area contributed by atoms with Gasteiger partial charge in [0.05, 0.1) is 22.7 Å². The molecule has 4 heteroatoms. The molecule has 1 heterocycles. The van der Waals surface area contributed by atoms with Gasteiger partial charge in [0.15, 0.2) is 0 Å². The fourth-order valence-electron chi connectivity index (χ4n) is 1.96. The van der Waals surface area contributed by atoms with Crippen LogP contribution >= 0.6 is 0 Å². The maximum Gasteiger partial charge on any atom is 0.0694 e. The topological polar surface area (TPSA) is 52.3 Å². The van der Waals surface area contributed by atoms with Gasteiger partial charge in [-0.05, 0) is 43.5 Å². The third-order valence-corrected chi connectivity index (χ3v) is 4.43. The Balaban J connectivity index is 2.08. The lowest BCUT2D eigenvalue weighted by molar-refractivity contribution is 0.128. The highest BCUT2D eigenvalue weighted by atomic mass is 32.2. The van der Waals surface area contributed by atoms with Crippen LogP contribution in [0.4, 0.5) is 5.69 Å². The molecule has 1 aliphatic rings. The first kappa shape index (κ1) is 11.6. The van der Waals surface area contributed by atoms with Gasteiger partial charge in [0.1, 0.15) is 0 Å². The summed E-state index contributed by atoms with van der Waals surface area (Å²) in [5.41, 5.74) is 7.38. The zero-order valence-electron chi connectivity index (χ0n) is 9.44. The lowest BCUT2D eigenvalue weighted by Crippen LogP contribution is -2.16. The molecule has 1 saturated heterocycles. The Hall–Kier alpha value is -0.870. The van der Waals surface area contributed by atoms with Crippen LogP contribution in [0, 0.1) is 6.92 Å². The Labute approximate surface area is 98.4 Å². The molecule has 0 aliphatic carbocycles. The molecule has 1 aliphatic heterocycles. The quantitative estimate of drug-likeness (QED) is 0.819. The van der Waals surface area contributed by atoms with E-state index in [1.807, 2.05) is 19.1 Å². The summed E-state index contributed by atoms with van der Waals surface area (Å²) in [6, 6.07) is 5.52. The second-order valence-electron chi connectivity index (χ2n) is 4.17. The SMILES string of the molecule is Cc1cc(N)ccc1S(=O)CC1CCCO1. The minimum atomic E-state index is -0.974. The summed E-state index contributed by atoms with van der Waals surface area (Å²) in [4.78, 5) is 0.879. The van der Waals surface area contributed by atoms with Gasteiger partial charge < -0.3 is 10.5 Å². The fourth-order valence-corrected chi connectivity index (χ4v) is 3.38. The molecule has 1 aromatic rings. The maximum atomic E-state index is 12.1. The molecule has 0 amide bonds. The Morgan fingerprint density at radius 2 is 2.38 bits per heavy atom. The Morgan fingerprint density at radius 3 is 3.00 bits per heavy atom. The number of aryl methyl sites for hydroxylation is 1. The number of benzene rings is 1. The molecule has 2 atom stereocenters. The van der Waals surface area contributed by atoms with Gasteiger partial charge in [-0.2, -0.15) is 0 Å². The minimum Gasteiger partial charge on any atom is -0.399 e. The van der Waals surface area contributed by atoms with Gasteiger partial charge >= 0.3 is 0 Å². The van der Waals surface area contributed by atoms with E-state index in [0.29, 0.717) is 5.75 Å². The molecule has 0 radical (unpaired) electrons. The van der Waals surface area contributed by atoms with Gasteiger partial charge in [0.2, 0.25) is 0 Å². The van der Waals surface area contributed by atoms with Crippen LogP contribution in [0.1, 0.15) is 18.4 Å². The van der Waals surface area contributed by atoms with E-state index in [2.05, 4.69) is 0 Å². The van der Waals surface area contributed by atoms with Crippen LogP contribution < -0.4 is 5.73 Å². The lowest BCUT2D eigenvalue weighted by atomic mass is 10.2. The summed E-state index contributed by atoms with van der Waals surface area (Å²) in [6.45, 7) is 2.75. The molecule has 2 unspecified atom stereocenters. The van der Waals surface area contributed by atoms with E-state index in [0.717, 1.165) is 35.6 Å². The van der Waals surface area contributed by atoms with E-state index in [1.54, 1.807) is 6.07 Å².